The average Bonchev–Trinajstić information content (AvgIpc) is 3.16. The maximum atomic E-state index is 13.3. The van der Waals surface area contributed by atoms with Crippen molar-refractivity contribution in [2.24, 2.45) is 0 Å². The van der Waals surface area contributed by atoms with E-state index in [1.165, 1.54) is 18.2 Å². The number of benzene rings is 1. The van der Waals surface area contributed by atoms with Gasteiger partial charge in [0.1, 0.15) is 17.6 Å². The maximum Gasteiger partial charge on any atom is 0.246 e. The van der Waals surface area contributed by atoms with Crippen LogP contribution >= 0.6 is 11.6 Å². The van der Waals surface area contributed by atoms with Gasteiger partial charge in [-0.2, -0.15) is 0 Å². The second kappa shape index (κ2) is 11.9. The molecule has 160 valence electrons. The summed E-state index contributed by atoms with van der Waals surface area (Å²) in [5.41, 5.74) is 0.372. The molecule has 1 aromatic carbocycles. The lowest BCUT2D eigenvalue weighted by atomic mass is 10.1. The number of nitrogens with one attached hydrogen (secondary N) is 2. The first-order valence-electron chi connectivity index (χ1n) is 10.1. The zero-order valence-electron chi connectivity index (χ0n) is 16.8. The van der Waals surface area contributed by atoms with Crippen LogP contribution in [-0.4, -0.2) is 48.2 Å². The van der Waals surface area contributed by atoms with Gasteiger partial charge in [-0.1, -0.05) is 24.4 Å². The molecule has 1 heterocycles. The van der Waals surface area contributed by atoms with Crippen molar-refractivity contribution < 1.29 is 18.8 Å². The largest absolute Gasteiger partial charge is 0.343 e. The highest BCUT2D eigenvalue weighted by Crippen LogP contribution is 2.20. The van der Waals surface area contributed by atoms with E-state index in [2.05, 4.69) is 15.5 Å². The van der Waals surface area contributed by atoms with E-state index in [9.17, 15) is 18.8 Å². The quantitative estimate of drug-likeness (QED) is 0.531. The van der Waals surface area contributed by atoms with E-state index in [4.69, 9.17) is 11.6 Å². The summed E-state index contributed by atoms with van der Waals surface area (Å²) in [5, 5.41) is 5.44. The fraction of sp³-hybridized carbons (Fsp3) is 0.571. The molecule has 29 heavy (non-hydrogen) atoms. The van der Waals surface area contributed by atoms with Crippen molar-refractivity contribution in [1.29, 1.82) is 0 Å². The number of rotatable bonds is 11. The molecule has 0 unspecified atom stereocenters. The number of halogens is 2. The van der Waals surface area contributed by atoms with Crippen molar-refractivity contribution in [3.05, 3.63) is 29.0 Å². The van der Waals surface area contributed by atoms with Gasteiger partial charge >= 0.3 is 0 Å². The number of carbonyl (C=O) groups excluding carboxylic acids is 3. The van der Waals surface area contributed by atoms with E-state index in [0.29, 0.717) is 24.9 Å². The summed E-state index contributed by atoms with van der Waals surface area (Å²) < 4.78 is 13.3. The van der Waals surface area contributed by atoms with Gasteiger partial charge in [-0.05, 0) is 63.9 Å². The van der Waals surface area contributed by atoms with Gasteiger partial charge in [-0.3, -0.25) is 14.5 Å². The first kappa shape index (κ1) is 23.3. The first-order valence-corrected chi connectivity index (χ1v) is 10.5. The topological polar surface area (TPSA) is 78.5 Å². The Morgan fingerprint density at radius 3 is 2.55 bits per heavy atom. The molecule has 2 rings (SSSR count). The molecule has 0 aromatic heterocycles. The third-order valence-corrected chi connectivity index (χ3v) is 5.22. The number of amides is 2. The van der Waals surface area contributed by atoms with Crippen molar-refractivity contribution in [1.82, 2.24) is 10.2 Å². The molecule has 1 saturated heterocycles. The zero-order chi connectivity index (χ0) is 21.2. The molecule has 2 N–H and O–H groups in total. The molecule has 2 amide bonds. The van der Waals surface area contributed by atoms with Crippen LogP contribution in [0.1, 0.15) is 51.9 Å². The number of nitrogens with zero attached hydrogens (tertiary/aromatic N) is 1. The van der Waals surface area contributed by atoms with Gasteiger partial charge < -0.3 is 15.4 Å². The highest BCUT2D eigenvalue weighted by Gasteiger charge is 2.23. The van der Waals surface area contributed by atoms with Crippen molar-refractivity contribution in [3.63, 3.8) is 0 Å². The summed E-state index contributed by atoms with van der Waals surface area (Å²) in [7, 11) is 0. The van der Waals surface area contributed by atoms with Gasteiger partial charge in [0.25, 0.3) is 0 Å². The van der Waals surface area contributed by atoms with Gasteiger partial charge in [0.2, 0.25) is 11.8 Å². The Morgan fingerprint density at radius 1 is 1.17 bits per heavy atom. The Hall–Kier alpha value is -1.99. The van der Waals surface area contributed by atoms with Gasteiger partial charge in [0.15, 0.2) is 0 Å². The number of anilines is 1. The van der Waals surface area contributed by atoms with Crippen LogP contribution in [0.2, 0.25) is 5.02 Å². The SMILES string of the molecule is CC(=O)CCCCC[C@H](NC(=O)CN1CCCC1)C(=O)Nc1ccc(F)c(Cl)c1. The van der Waals surface area contributed by atoms with E-state index in [0.717, 1.165) is 38.8 Å². The molecule has 8 heteroatoms. The van der Waals surface area contributed by atoms with Crippen LogP contribution in [0, 0.1) is 5.82 Å². The van der Waals surface area contributed by atoms with E-state index in [1.807, 2.05) is 0 Å². The molecule has 0 spiro atoms. The Kier molecular flexibility index (Phi) is 9.54. The number of hydrogen-bond acceptors (Lipinski definition) is 4. The monoisotopic (exact) mass is 425 g/mol. The van der Waals surface area contributed by atoms with Crippen molar-refractivity contribution in [2.75, 3.05) is 25.0 Å². The molecule has 1 aliphatic rings. The average molecular weight is 426 g/mol. The lowest BCUT2D eigenvalue weighted by Gasteiger charge is -2.21. The molecular weight excluding hydrogens is 397 g/mol. The smallest absolute Gasteiger partial charge is 0.246 e. The fourth-order valence-electron chi connectivity index (χ4n) is 3.36. The maximum absolute atomic E-state index is 13.3. The number of hydrogen-bond donors (Lipinski definition) is 2. The fourth-order valence-corrected chi connectivity index (χ4v) is 3.54. The highest BCUT2D eigenvalue weighted by molar-refractivity contribution is 6.31. The van der Waals surface area contributed by atoms with Crippen LogP contribution in [-0.2, 0) is 14.4 Å². The molecule has 1 atom stereocenters. The minimum atomic E-state index is -0.703. The highest BCUT2D eigenvalue weighted by atomic mass is 35.5. The minimum Gasteiger partial charge on any atom is -0.343 e. The summed E-state index contributed by atoms with van der Waals surface area (Å²) in [6.07, 6.45) is 5.42. The molecule has 0 saturated carbocycles. The van der Waals surface area contributed by atoms with Crippen LogP contribution < -0.4 is 10.6 Å². The third kappa shape index (κ3) is 8.50. The predicted octanol–water partition coefficient (Wildman–Crippen LogP) is 3.54. The Morgan fingerprint density at radius 2 is 1.90 bits per heavy atom. The molecule has 6 nitrogen and oxygen atoms in total. The summed E-state index contributed by atoms with van der Waals surface area (Å²) in [5.74, 6) is -0.973. The lowest BCUT2D eigenvalue weighted by molar-refractivity contribution is -0.127. The number of unbranched alkanes of at least 4 members (excludes halogenated alkanes) is 2. The number of Topliss-reactive ketones (excluding diaryl/α,β-unsaturated/α-hetero) is 1. The molecule has 0 aliphatic carbocycles. The van der Waals surface area contributed by atoms with E-state index in [-0.39, 0.29) is 29.2 Å². The molecule has 0 radical (unpaired) electrons. The van der Waals surface area contributed by atoms with Crippen molar-refractivity contribution >= 4 is 34.9 Å². The van der Waals surface area contributed by atoms with Crippen LogP contribution in [0.5, 0.6) is 0 Å². The first-order chi connectivity index (χ1) is 13.8. The van der Waals surface area contributed by atoms with Crippen LogP contribution in [0.4, 0.5) is 10.1 Å². The zero-order valence-corrected chi connectivity index (χ0v) is 17.6. The van der Waals surface area contributed by atoms with Gasteiger partial charge in [0.05, 0.1) is 11.6 Å². The van der Waals surface area contributed by atoms with Crippen LogP contribution in [0.25, 0.3) is 0 Å². The molecular formula is C21H29ClFN3O3. The number of carbonyl (C=O) groups is 3. The predicted molar refractivity (Wildman–Crippen MR) is 111 cm³/mol. The number of ketones is 1. The van der Waals surface area contributed by atoms with Crippen LogP contribution in [0.15, 0.2) is 18.2 Å². The van der Waals surface area contributed by atoms with Crippen molar-refractivity contribution in [3.8, 4) is 0 Å². The normalized spacial score (nSPS) is 15.1. The third-order valence-electron chi connectivity index (χ3n) is 4.93. The molecule has 1 fully saturated rings. The summed E-state index contributed by atoms with van der Waals surface area (Å²) in [4.78, 5) is 38.2. The van der Waals surface area contributed by atoms with Crippen molar-refractivity contribution in [2.45, 2.75) is 57.9 Å². The second-order valence-electron chi connectivity index (χ2n) is 7.52. The summed E-state index contributed by atoms with van der Waals surface area (Å²) in [6, 6.07) is 3.24. The minimum absolute atomic E-state index is 0.0818. The molecule has 1 aromatic rings. The van der Waals surface area contributed by atoms with Gasteiger partial charge in [0, 0.05) is 12.1 Å². The molecule has 0 bridgehead atoms. The Labute approximate surface area is 176 Å². The van der Waals surface area contributed by atoms with Gasteiger partial charge in [-0.15, -0.1) is 0 Å². The van der Waals surface area contributed by atoms with Crippen LogP contribution in [0.3, 0.4) is 0 Å². The second-order valence-corrected chi connectivity index (χ2v) is 7.93. The standard InChI is InChI=1S/C21H29ClFN3O3/c1-15(27)7-3-2-4-8-19(25-20(28)14-26-11-5-6-12-26)21(29)24-16-9-10-18(23)17(22)13-16/h9-10,13,19H,2-8,11-12,14H2,1H3,(H,24,29)(H,25,28)/t19-/m0/s1. The van der Waals surface area contributed by atoms with Gasteiger partial charge in [-0.25, -0.2) is 4.39 Å². The van der Waals surface area contributed by atoms with E-state index in [1.54, 1.807) is 6.92 Å². The summed E-state index contributed by atoms with van der Waals surface area (Å²) >= 11 is 5.77. The molecule has 1 aliphatic heterocycles. The lowest BCUT2D eigenvalue weighted by Crippen LogP contribution is -2.47. The number of likely N-dealkylation sites (tertiary alicyclic amines) is 1. The van der Waals surface area contributed by atoms with E-state index >= 15 is 0 Å². The summed E-state index contributed by atoms with van der Waals surface area (Å²) in [6.45, 7) is 3.62. The van der Waals surface area contributed by atoms with E-state index < -0.39 is 11.9 Å². The Bertz CT molecular complexity index is 723. The Balaban J connectivity index is 1.93.